The molecule has 1 N–H and O–H groups in total. The van der Waals surface area contributed by atoms with Crippen LogP contribution in [0.15, 0.2) is 12.2 Å². The molecule has 3 nitrogen and oxygen atoms in total. The van der Waals surface area contributed by atoms with E-state index in [-0.39, 0.29) is 22.5 Å². The number of aliphatic hydroxyl groups excluding tert-OH is 1. The molecule has 176 valence electrons. The third-order valence-electron chi connectivity index (χ3n) is 11.7. The summed E-state index contributed by atoms with van der Waals surface area (Å²) in [6.45, 7) is 14.6. The van der Waals surface area contributed by atoms with Gasteiger partial charge in [-0.3, -0.25) is 0 Å². The summed E-state index contributed by atoms with van der Waals surface area (Å²) in [6, 6.07) is 0. The first-order valence-corrected chi connectivity index (χ1v) is 13.3. The van der Waals surface area contributed by atoms with E-state index in [2.05, 4.69) is 53.7 Å². The Morgan fingerprint density at radius 1 is 0.935 bits per heavy atom. The summed E-state index contributed by atoms with van der Waals surface area (Å²) in [5.41, 5.74) is -0.388. The van der Waals surface area contributed by atoms with Gasteiger partial charge in [-0.05, 0) is 68.1 Å². The molecule has 6 rings (SSSR count). The van der Waals surface area contributed by atoms with E-state index >= 15 is 0 Å². The molecular weight excluding hydrogens is 384 g/mol. The van der Waals surface area contributed by atoms with Gasteiger partial charge in [0.25, 0.3) is 0 Å². The van der Waals surface area contributed by atoms with Crippen molar-refractivity contribution in [3.63, 3.8) is 0 Å². The van der Waals surface area contributed by atoms with Gasteiger partial charge < -0.3 is 5.11 Å². The average Bonchev–Trinajstić information content (AvgIpc) is 2.89. The zero-order valence-corrected chi connectivity index (χ0v) is 20.8. The number of rotatable bonds is 5. The van der Waals surface area contributed by atoms with Gasteiger partial charge in [-0.2, -0.15) is 0 Å². The van der Waals surface area contributed by atoms with Crippen LogP contribution in [0.2, 0.25) is 0 Å². The Morgan fingerprint density at radius 3 is 2.42 bits per heavy atom. The monoisotopic (exact) mass is 430 g/mol. The molecule has 0 aromatic carbocycles. The third kappa shape index (κ3) is 2.88. The van der Waals surface area contributed by atoms with Gasteiger partial charge in [-0.25, -0.2) is 9.78 Å². The quantitative estimate of drug-likeness (QED) is 0.390. The first kappa shape index (κ1) is 22.4. The van der Waals surface area contributed by atoms with Crippen LogP contribution in [0.4, 0.5) is 0 Å². The highest BCUT2D eigenvalue weighted by atomic mass is 17.2. The van der Waals surface area contributed by atoms with Crippen molar-refractivity contribution in [3.05, 3.63) is 12.2 Å². The second-order valence-corrected chi connectivity index (χ2v) is 13.1. The first-order valence-electron chi connectivity index (χ1n) is 13.3. The van der Waals surface area contributed by atoms with Crippen molar-refractivity contribution in [2.75, 3.05) is 0 Å². The molecule has 0 amide bonds. The van der Waals surface area contributed by atoms with Crippen molar-refractivity contribution >= 4 is 0 Å². The van der Waals surface area contributed by atoms with Crippen LogP contribution >= 0.6 is 0 Å². The van der Waals surface area contributed by atoms with Crippen molar-refractivity contribution in [1.82, 2.24) is 0 Å². The fraction of sp³-hybridized carbons (Fsp3) is 0.929. The molecule has 4 fully saturated rings. The van der Waals surface area contributed by atoms with Gasteiger partial charge in [0, 0.05) is 23.2 Å². The van der Waals surface area contributed by atoms with Crippen LogP contribution in [0.5, 0.6) is 0 Å². The molecule has 0 radical (unpaired) electrons. The summed E-state index contributed by atoms with van der Waals surface area (Å²) in [4.78, 5) is 13.3. The smallest absolute Gasteiger partial charge is 0.130 e. The van der Waals surface area contributed by atoms with Crippen LogP contribution in [0.1, 0.15) is 99.3 Å². The Morgan fingerprint density at radius 2 is 1.68 bits per heavy atom. The van der Waals surface area contributed by atoms with E-state index in [0.29, 0.717) is 24.2 Å². The lowest BCUT2D eigenvalue weighted by Crippen LogP contribution is -2.62. The highest BCUT2D eigenvalue weighted by Gasteiger charge is 2.74. The minimum atomic E-state index is -0.447. The lowest BCUT2D eigenvalue weighted by Gasteiger charge is -2.60. The standard InChI is InChI=1S/C28H46O3/c1-18(2)19(3)7-8-20(4)22-12-16-28-24-11-15-27(30-31-28)17-21(29)9-13-25(27,5)23(24)10-14-26(22,28)6/h11,15,18-24,29H,7-10,12-14,16-17H2,1-6H3/t19-,20+,21-,22+,23-,24+,25+,26+,27+,28+/m0/s1. The van der Waals surface area contributed by atoms with E-state index < -0.39 is 5.60 Å². The summed E-state index contributed by atoms with van der Waals surface area (Å²) >= 11 is 0. The molecule has 2 aliphatic heterocycles. The number of hydrogen-bond donors (Lipinski definition) is 1. The van der Waals surface area contributed by atoms with Crippen molar-refractivity contribution in [3.8, 4) is 0 Å². The van der Waals surface area contributed by atoms with Gasteiger partial charge in [0.2, 0.25) is 0 Å². The van der Waals surface area contributed by atoms with E-state index in [1.807, 2.05) is 0 Å². The third-order valence-corrected chi connectivity index (χ3v) is 11.7. The Kier molecular flexibility index (Phi) is 5.28. The lowest BCUT2D eigenvalue weighted by molar-refractivity contribution is -0.430. The maximum atomic E-state index is 10.5. The van der Waals surface area contributed by atoms with Crippen LogP contribution in [0.3, 0.4) is 0 Å². The minimum absolute atomic E-state index is 0.0763. The molecule has 2 spiro atoms. The van der Waals surface area contributed by atoms with E-state index in [1.54, 1.807) is 0 Å². The largest absolute Gasteiger partial charge is 0.393 e. The van der Waals surface area contributed by atoms with Gasteiger partial charge >= 0.3 is 0 Å². The molecule has 31 heavy (non-hydrogen) atoms. The molecule has 0 aromatic rings. The molecule has 2 heterocycles. The maximum absolute atomic E-state index is 10.5. The molecule has 4 aliphatic carbocycles. The van der Waals surface area contributed by atoms with E-state index in [9.17, 15) is 5.11 Å². The summed E-state index contributed by atoms with van der Waals surface area (Å²) in [6.07, 6.45) is 14.7. The average molecular weight is 431 g/mol. The van der Waals surface area contributed by atoms with Gasteiger partial charge in [-0.15, -0.1) is 0 Å². The number of fused-ring (bicyclic) bond motifs is 1. The summed E-state index contributed by atoms with van der Waals surface area (Å²) in [5, 5.41) is 10.5. The molecular formula is C28H46O3. The lowest BCUT2D eigenvalue weighted by atomic mass is 9.44. The Hall–Kier alpha value is -0.380. The topological polar surface area (TPSA) is 38.7 Å². The normalized spacial score (nSPS) is 52.5. The van der Waals surface area contributed by atoms with Gasteiger partial charge in [0.05, 0.1) is 6.10 Å². The molecule has 10 atom stereocenters. The summed E-state index contributed by atoms with van der Waals surface area (Å²) in [7, 11) is 0. The van der Waals surface area contributed by atoms with Gasteiger partial charge in [0.15, 0.2) is 0 Å². The molecule has 3 heteroatoms. The second-order valence-electron chi connectivity index (χ2n) is 13.1. The molecule has 6 aliphatic rings. The van der Waals surface area contributed by atoms with Crippen molar-refractivity contribution in [1.29, 1.82) is 0 Å². The maximum Gasteiger partial charge on any atom is 0.130 e. The summed E-state index contributed by atoms with van der Waals surface area (Å²) in [5.74, 6) is 4.06. The Bertz CT molecular complexity index is 732. The number of hydrogen-bond acceptors (Lipinski definition) is 3. The fourth-order valence-corrected chi connectivity index (χ4v) is 9.05. The van der Waals surface area contributed by atoms with Crippen LogP contribution in [0.25, 0.3) is 0 Å². The fourth-order valence-electron chi connectivity index (χ4n) is 9.05. The van der Waals surface area contributed by atoms with Crippen LogP contribution in [-0.4, -0.2) is 22.4 Å². The van der Waals surface area contributed by atoms with Gasteiger partial charge in [-0.1, -0.05) is 66.5 Å². The summed E-state index contributed by atoms with van der Waals surface area (Å²) < 4.78 is 0. The first-order chi connectivity index (χ1) is 14.6. The van der Waals surface area contributed by atoms with Crippen molar-refractivity contribution in [2.45, 2.75) is 117 Å². The molecule has 3 saturated carbocycles. The predicted molar refractivity (Wildman–Crippen MR) is 124 cm³/mol. The van der Waals surface area contributed by atoms with Crippen LogP contribution in [-0.2, 0) is 9.78 Å². The van der Waals surface area contributed by atoms with Crippen LogP contribution < -0.4 is 0 Å². The SMILES string of the molecule is CC(C)[C@@H](C)CC[C@@H](C)[C@H]1CC[C@@]23OO[C@@]45C=C[C@@H]2[C@H](CC[C@]13C)[C@@]4(C)CC[C@H](O)C5. The number of aliphatic hydroxyl groups is 1. The van der Waals surface area contributed by atoms with Gasteiger partial charge in [0.1, 0.15) is 11.2 Å². The Labute approximate surface area is 190 Å². The minimum Gasteiger partial charge on any atom is -0.393 e. The second kappa shape index (κ2) is 7.31. The highest BCUT2D eigenvalue weighted by Crippen LogP contribution is 2.73. The van der Waals surface area contributed by atoms with Crippen molar-refractivity contribution in [2.24, 2.45) is 46.3 Å². The zero-order valence-electron chi connectivity index (χ0n) is 20.8. The Balaban J connectivity index is 1.45. The van der Waals surface area contributed by atoms with E-state index in [4.69, 9.17) is 9.78 Å². The van der Waals surface area contributed by atoms with Crippen molar-refractivity contribution < 1.29 is 14.9 Å². The predicted octanol–water partition coefficient (Wildman–Crippen LogP) is 6.70. The molecule has 0 unspecified atom stereocenters. The van der Waals surface area contributed by atoms with E-state index in [0.717, 1.165) is 37.0 Å². The van der Waals surface area contributed by atoms with Crippen LogP contribution in [0, 0.1) is 46.3 Å². The zero-order chi connectivity index (χ0) is 22.2. The highest BCUT2D eigenvalue weighted by molar-refractivity contribution is 5.30. The van der Waals surface area contributed by atoms with E-state index in [1.165, 1.54) is 32.1 Å². The molecule has 4 bridgehead atoms. The molecule has 1 saturated heterocycles. The molecule has 0 aromatic heterocycles.